The monoisotopic (exact) mass is 392 g/mol. The highest BCUT2D eigenvalue weighted by Gasteiger charge is 2.35. The van der Waals surface area contributed by atoms with Crippen molar-refractivity contribution in [3.63, 3.8) is 0 Å². The first-order valence-corrected chi connectivity index (χ1v) is 9.14. The van der Waals surface area contributed by atoms with Gasteiger partial charge in [-0.1, -0.05) is 31.4 Å². The molecule has 2 aromatic rings. The van der Waals surface area contributed by atoms with E-state index in [1.165, 1.54) is 30.5 Å². The van der Waals surface area contributed by atoms with Crippen LogP contribution in [0.3, 0.4) is 0 Å². The highest BCUT2D eigenvalue weighted by atomic mass is 35.5. The van der Waals surface area contributed by atoms with Crippen LogP contribution in [0.1, 0.15) is 32.6 Å². The van der Waals surface area contributed by atoms with Crippen molar-refractivity contribution in [2.75, 3.05) is 11.9 Å². The van der Waals surface area contributed by atoms with Crippen LogP contribution in [0, 0.1) is 15.5 Å². The van der Waals surface area contributed by atoms with Crippen molar-refractivity contribution in [2.45, 2.75) is 38.7 Å². The van der Waals surface area contributed by atoms with E-state index >= 15 is 0 Å². The van der Waals surface area contributed by atoms with Gasteiger partial charge in [0.2, 0.25) is 0 Å². The molecule has 144 valence electrons. The molecule has 0 aliphatic heterocycles. The number of hydrogen-bond donors (Lipinski definition) is 2. The summed E-state index contributed by atoms with van der Waals surface area (Å²) in [4.78, 5) is 22.8. The third kappa shape index (κ3) is 3.96. The largest absolute Gasteiger partial charge is 0.392 e. The molecule has 2 N–H and O–H groups in total. The second-order valence-electron chi connectivity index (χ2n) is 7.13. The zero-order chi connectivity index (χ0) is 19.6. The highest BCUT2D eigenvalue weighted by molar-refractivity contribution is 6.32. The van der Waals surface area contributed by atoms with E-state index in [1.54, 1.807) is 0 Å². The number of nitro benzene ring substituents is 1. The molecule has 1 saturated carbocycles. The molecule has 8 nitrogen and oxygen atoms in total. The van der Waals surface area contributed by atoms with Crippen LogP contribution in [-0.2, 0) is 0 Å². The average molecular weight is 393 g/mol. The van der Waals surface area contributed by atoms with Gasteiger partial charge in [0.05, 0.1) is 28.6 Å². The molecule has 1 aromatic carbocycles. The van der Waals surface area contributed by atoms with E-state index < -0.39 is 16.6 Å². The van der Waals surface area contributed by atoms with Gasteiger partial charge in [0.1, 0.15) is 5.02 Å². The minimum atomic E-state index is -0.523. The van der Waals surface area contributed by atoms with Crippen LogP contribution in [-0.4, -0.2) is 32.5 Å². The maximum absolute atomic E-state index is 12.5. The molecule has 1 aliphatic carbocycles. The van der Waals surface area contributed by atoms with Gasteiger partial charge in [-0.25, -0.2) is 0 Å². The molecule has 0 spiro atoms. The van der Waals surface area contributed by atoms with E-state index in [0.29, 0.717) is 17.9 Å². The van der Waals surface area contributed by atoms with E-state index in [-0.39, 0.29) is 16.1 Å². The SMILES string of the molecule is CC1(CNc2cnn(-c3ccc([N+](=O)[O-])cc3)c(=O)c2Cl)CCCCC1O. The Hall–Kier alpha value is -2.45. The zero-order valence-corrected chi connectivity index (χ0v) is 15.6. The predicted molar refractivity (Wildman–Crippen MR) is 103 cm³/mol. The fourth-order valence-electron chi connectivity index (χ4n) is 3.34. The number of hydrogen-bond acceptors (Lipinski definition) is 6. The number of nitrogens with one attached hydrogen (secondary N) is 1. The van der Waals surface area contributed by atoms with Crippen LogP contribution < -0.4 is 10.9 Å². The third-order valence-corrected chi connectivity index (χ3v) is 5.55. The summed E-state index contributed by atoms with van der Waals surface area (Å²) in [5.41, 5.74) is -0.0951. The smallest absolute Gasteiger partial charge is 0.292 e. The summed E-state index contributed by atoms with van der Waals surface area (Å²) in [6, 6.07) is 5.48. The summed E-state index contributed by atoms with van der Waals surface area (Å²) in [5.74, 6) is 0. The molecule has 0 saturated heterocycles. The second kappa shape index (κ2) is 7.66. The standard InChI is InChI=1S/C18H21ClN4O4/c1-18(9-3-2-4-15(18)24)11-20-14-10-21-22(17(25)16(14)19)12-5-7-13(8-6-12)23(26)27/h5-8,10,15,20,24H,2-4,9,11H2,1H3. The number of anilines is 1. The van der Waals surface area contributed by atoms with Crippen LogP contribution in [0.15, 0.2) is 35.3 Å². The van der Waals surface area contributed by atoms with Crippen LogP contribution in [0.2, 0.25) is 5.02 Å². The molecule has 1 aromatic heterocycles. The molecule has 1 heterocycles. The van der Waals surface area contributed by atoms with Gasteiger partial charge in [-0.05, 0) is 25.0 Å². The van der Waals surface area contributed by atoms with Crippen LogP contribution in [0.4, 0.5) is 11.4 Å². The van der Waals surface area contributed by atoms with Gasteiger partial charge in [0.25, 0.3) is 11.2 Å². The maximum atomic E-state index is 12.5. The normalized spacial score (nSPS) is 22.4. The van der Waals surface area contributed by atoms with Crippen molar-refractivity contribution < 1.29 is 10.0 Å². The lowest BCUT2D eigenvalue weighted by molar-refractivity contribution is -0.384. The molecule has 1 aliphatic rings. The Morgan fingerprint density at radius 3 is 2.74 bits per heavy atom. The Kier molecular flexibility index (Phi) is 5.48. The number of benzene rings is 1. The lowest BCUT2D eigenvalue weighted by atomic mass is 9.73. The summed E-state index contributed by atoms with van der Waals surface area (Å²) in [6.07, 6.45) is 4.79. The van der Waals surface area contributed by atoms with Crippen LogP contribution >= 0.6 is 11.6 Å². The number of non-ortho nitro benzene ring substituents is 1. The average Bonchev–Trinajstić information content (AvgIpc) is 2.66. The summed E-state index contributed by atoms with van der Waals surface area (Å²) in [6.45, 7) is 2.50. The van der Waals surface area contributed by atoms with Gasteiger partial charge in [-0.15, -0.1) is 0 Å². The van der Waals surface area contributed by atoms with Gasteiger partial charge >= 0.3 is 0 Å². The third-order valence-electron chi connectivity index (χ3n) is 5.19. The Morgan fingerprint density at radius 2 is 2.11 bits per heavy atom. The maximum Gasteiger partial charge on any atom is 0.292 e. The van der Waals surface area contributed by atoms with E-state index in [2.05, 4.69) is 10.4 Å². The fourth-order valence-corrected chi connectivity index (χ4v) is 3.54. The highest BCUT2D eigenvalue weighted by Crippen LogP contribution is 2.36. The molecule has 9 heteroatoms. The quantitative estimate of drug-likeness (QED) is 0.597. The first-order chi connectivity index (χ1) is 12.8. The van der Waals surface area contributed by atoms with Gasteiger partial charge in [-0.2, -0.15) is 9.78 Å². The van der Waals surface area contributed by atoms with Crippen molar-refractivity contribution in [1.29, 1.82) is 0 Å². The lowest BCUT2D eigenvalue weighted by Crippen LogP contribution is -2.41. The number of aliphatic hydroxyl groups excluding tert-OH is 1. The Bertz CT molecular complexity index is 899. The number of halogens is 1. The van der Waals surface area contributed by atoms with Crippen molar-refractivity contribution >= 4 is 23.0 Å². The molecule has 3 rings (SSSR count). The van der Waals surface area contributed by atoms with Crippen LogP contribution in [0.5, 0.6) is 0 Å². The topological polar surface area (TPSA) is 110 Å². The van der Waals surface area contributed by atoms with Crippen molar-refractivity contribution in [1.82, 2.24) is 9.78 Å². The minimum absolute atomic E-state index is 0.0164. The molecule has 0 radical (unpaired) electrons. The van der Waals surface area contributed by atoms with Gasteiger partial charge in [0.15, 0.2) is 0 Å². The first-order valence-electron chi connectivity index (χ1n) is 8.76. The summed E-state index contributed by atoms with van der Waals surface area (Å²) in [5, 5.41) is 28.3. The molecule has 27 heavy (non-hydrogen) atoms. The number of aromatic nitrogens is 2. The van der Waals surface area contributed by atoms with Crippen molar-refractivity contribution in [3.8, 4) is 5.69 Å². The lowest BCUT2D eigenvalue weighted by Gasteiger charge is -2.38. The zero-order valence-electron chi connectivity index (χ0n) is 14.9. The summed E-state index contributed by atoms with van der Waals surface area (Å²) < 4.78 is 1.09. The van der Waals surface area contributed by atoms with E-state index in [4.69, 9.17) is 11.6 Å². The first kappa shape index (κ1) is 19.3. The second-order valence-corrected chi connectivity index (χ2v) is 7.51. The Labute approximate surface area is 160 Å². The molecular weight excluding hydrogens is 372 g/mol. The van der Waals surface area contributed by atoms with E-state index in [9.17, 15) is 20.0 Å². The van der Waals surface area contributed by atoms with Gasteiger partial charge in [-0.3, -0.25) is 14.9 Å². The molecule has 2 atom stereocenters. The molecule has 2 unspecified atom stereocenters. The molecule has 1 fully saturated rings. The summed E-state index contributed by atoms with van der Waals surface area (Å²) in [7, 11) is 0. The van der Waals surface area contributed by atoms with Crippen LogP contribution in [0.25, 0.3) is 5.69 Å². The predicted octanol–water partition coefficient (Wildman–Crippen LogP) is 3.15. The van der Waals surface area contributed by atoms with E-state index in [1.807, 2.05) is 6.92 Å². The number of aliphatic hydroxyl groups is 1. The van der Waals surface area contributed by atoms with Crippen molar-refractivity contribution in [2.24, 2.45) is 5.41 Å². The van der Waals surface area contributed by atoms with E-state index in [0.717, 1.165) is 30.4 Å². The molecule has 0 amide bonds. The number of nitro groups is 1. The number of rotatable bonds is 5. The van der Waals surface area contributed by atoms with Crippen molar-refractivity contribution in [3.05, 3.63) is 56.0 Å². The van der Waals surface area contributed by atoms with Gasteiger partial charge in [0, 0.05) is 24.1 Å². The summed E-state index contributed by atoms with van der Waals surface area (Å²) >= 11 is 6.22. The Balaban J connectivity index is 1.81. The minimum Gasteiger partial charge on any atom is -0.392 e. The number of nitrogens with zero attached hydrogens (tertiary/aromatic N) is 3. The fraction of sp³-hybridized carbons (Fsp3) is 0.444. The Morgan fingerprint density at radius 1 is 1.41 bits per heavy atom. The van der Waals surface area contributed by atoms with Gasteiger partial charge < -0.3 is 10.4 Å². The molecule has 0 bridgehead atoms. The molecular formula is C18H21ClN4O4.